The minimum absolute atomic E-state index is 0.115. The fraction of sp³-hybridized carbons (Fsp3) is 0.222. The number of carbonyl (C=O) groups is 1. The number of hydrogen-bond acceptors (Lipinski definition) is 4. The van der Waals surface area contributed by atoms with Crippen LogP contribution in [0.5, 0.6) is 0 Å². The van der Waals surface area contributed by atoms with E-state index < -0.39 is 0 Å². The van der Waals surface area contributed by atoms with Crippen molar-refractivity contribution in [1.29, 1.82) is 5.26 Å². The maximum atomic E-state index is 12.3. The largest absolute Gasteiger partial charge is 0.322 e. The Kier molecular flexibility index (Phi) is 5.27. The minimum atomic E-state index is -0.115. The molecule has 1 aliphatic heterocycles. The first-order valence-electron chi connectivity index (χ1n) is 7.37. The molecular weight excluding hydrogens is 324 g/mol. The first-order valence-corrected chi connectivity index (χ1v) is 9.46. The Hall–Kier alpha value is -1.90. The lowest BCUT2D eigenvalue weighted by atomic mass is 10.1. The molecule has 1 fully saturated rings. The molecule has 3 nitrogen and oxygen atoms in total. The van der Waals surface area contributed by atoms with Crippen LogP contribution in [0.2, 0.25) is 0 Å². The van der Waals surface area contributed by atoms with Gasteiger partial charge in [-0.15, -0.1) is 23.5 Å². The summed E-state index contributed by atoms with van der Waals surface area (Å²) in [5.74, 6) is 2.27. The average Bonchev–Trinajstić information content (AvgIpc) is 3.11. The highest BCUT2D eigenvalue weighted by molar-refractivity contribution is 8.19. The van der Waals surface area contributed by atoms with Gasteiger partial charge in [-0.1, -0.05) is 24.3 Å². The molecule has 0 radical (unpaired) electrons. The van der Waals surface area contributed by atoms with Gasteiger partial charge in [0, 0.05) is 22.8 Å². The van der Waals surface area contributed by atoms with Gasteiger partial charge in [-0.25, -0.2) is 0 Å². The normalized spacial score (nSPS) is 14.4. The highest BCUT2D eigenvalue weighted by Crippen LogP contribution is 2.45. The molecule has 116 valence electrons. The number of anilines is 1. The Morgan fingerprint density at radius 1 is 1.09 bits per heavy atom. The van der Waals surface area contributed by atoms with Gasteiger partial charge in [0.2, 0.25) is 0 Å². The van der Waals surface area contributed by atoms with Crippen LogP contribution in [-0.2, 0) is 6.42 Å². The zero-order valence-electron chi connectivity index (χ0n) is 12.5. The number of rotatable bonds is 4. The molecule has 1 N–H and O–H groups in total. The molecule has 0 saturated carbocycles. The van der Waals surface area contributed by atoms with Crippen LogP contribution < -0.4 is 5.32 Å². The Bertz CT molecular complexity index is 714. The van der Waals surface area contributed by atoms with E-state index in [4.69, 9.17) is 5.26 Å². The van der Waals surface area contributed by atoms with Gasteiger partial charge in [-0.3, -0.25) is 4.79 Å². The molecule has 1 amide bonds. The SMILES string of the molecule is N#CCc1ccc(NC(=O)c2ccc(C3SCCS3)cc2)cc1. The molecule has 0 bridgehead atoms. The molecule has 1 saturated heterocycles. The first-order chi connectivity index (χ1) is 11.3. The Labute approximate surface area is 144 Å². The smallest absolute Gasteiger partial charge is 0.255 e. The first kappa shape index (κ1) is 16.0. The maximum Gasteiger partial charge on any atom is 0.255 e. The fourth-order valence-corrected chi connectivity index (χ4v) is 5.20. The third kappa shape index (κ3) is 4.10. The summed E-state index contributed by atoms with van der Waals surface area (Å²) in [6, 6.07) is 17.3. The van der Waals surface area contributed by atoms with E-state index in [1.807, 2.05) is 72.1 Å². The highest BCUT2D eigenvalue weighted by atomic mass is 32.2. The molecule has 3 rings (SSSR count). The second-order valence-corrected chi connectivity index (χ2v) is 7.91. The molecule has 23 heavy (non-hydrogen) atoms. The number of nitrogens with one attached hydrogen (secondary N) is 1. The Balaban J connectivity index is 1.64. The van der Waals surface area contributed by atoms with E-state index >= 15 is 0 Å². The van der Waals surface area contributed by atoms with Gasteiger partial charge in [-0.05, 0) is 35.4 Å². The van der Waals surface area contributed by atoms with E-state index in [9.17, 15) is 4.79 Å². The van der Waals surface area contributed by atoms with Gasteiger partial charge in [0.25, 0.3) is 5.91 Å². The van der Waals surface area contributed by atoms with Crippen LogP contribution in [0, 0.1) is 11.3 Å². The molecule has 2 aromatic rings. The van der Waals surface area contributed by atoms with Gasteiger partial charge in [0.05, 0.1) is 17.1 Å². The third-order valence-corrected chi connectivity index (χ3v) is 6.67. The molecule has 0 atom stereocenters. The van der Waals surface area contributed by atoms with Crippen LogP contribution in [0.4, 0.5) is 5.69 Å². The second-order valence-electron chi connectivity index (χ2n) is 5.18. The van der Waals surface area contributed by atoms with Crippen molar-refractivity contribution in [3.8, 4) is 6.07 Å². The van der Waals surface area contributed by atoms with Gasteiger partial charge < -0.3 is 5.32 Å². The van der Waals surface area contributed by atoms with E-state index in [0.717, 1.165) is 11.3 Å². The van der Waals surface area contributed by atoms with Crippen LogP contribution in [0.1, 0.15) is 26.1 Å². The van der Waals surface area contributed by atoms with Crippen LogP contribution in [0.15, 0.2) is 48.5 Å². The summed E-state index contributed by atoms with van der Waals surface area (Å²) in [7, 11) is 0. The standard InChI is InChI=1S/C18H16N2OS2/c19-10-9-13-1-7-16(8-2-13)20-17(21)14-3-5-15(6-4-14)18-22-11-12-23-18/h1-8,18H,9,11-12H2,(H,20,21). The van der Waals surface area contributed by atoms with Crippen molar-refractivity contribution in [2.75, 3.05) is 16.8 Å². The van der Waals surface area contributed by atoms with E-state index in [-0.39, 0.29) is 5.91 Å². The average molecular weight is 340 g/mol. The van der Waals surface area contributed by atoms with Crippen molar-refractivity contribution in [3.05, 3.63) is 65.2 Å². The topological polar surface area (TPSA) is 52.9 Å². The summed E-state index contributed by atoms with van der Waals surface area (Å²) in [5.41, 5.74) is 3.61. The van der Waals surface area contributed by atoms with Gasteiger partial charge >= 0.3 is 0 Å². The summed E-state index contributed by atoms with van der Waals surface area (Å²) < 4.78 is 0.500. The van der Waals surface area contributed by atoms with Crippen LogP contribution in [0.25, 0.3) is 0 Å². The Morgan fingerprint density at radius 3 is 2.35 bits per heavy atom. The summed E-state index contributed by atoms with van der Waals surface area (Å²) >= 11 is 3.91. The summed E-state index contributed by atoms with van der Waals surface area (Å²) in [6.45, 7) is 0. The van der Waals surface area contributed by atoms with Crippen molar-refractivity contribution >= 4 is 35.1 Å². The molecule has 5 heteroatoms. The van der Waals surface area contributed by atoms with Gasteiger partial charge in [-0.2, -0.15) is 5.26 Å². The molecule has 0 unspecified atom stereocenters. The molecule has 0 aromatic heterocycles. The number of nitriles is 1. The summed E-state index contributed by atoms with van der Waals surface area (Å²) in [5, 5.41) is 11.5. The maximum absolute atomic E-state index is 12.3. The van der Waals surface area contributed by atoms with E-state index in [0.29, 0.717) is 16.6 Å². The number of benzene rings is 2. The second kappa shape index (κ2) is 7.58. The van der Waals surface area contributed by atoms with Crippen molar-refractivity contribution in [3.63, 3.8) is 0 Å². The fourth-order valence-electron chi connectivity index (χ4n) is 2.34. The van der Waals surface area contributed by atoms with Crippen LogP contribution in [-0.4, -0.2) is 17.4 Å². The lowest BCUT2D eigenvalue weighted by Gasteiger charge is -2.10. The minimum Gasteiger partial charge on any atom is -0.322 e. The predicted octanol–water partition coefficient (Wildman–Crippen LogP) is 4.48. The van der Waals surface area contributed by atoms with E-state index in [2.05, 4.69) is 11.4 Å². The van der Waals surface area contributed by atoms with Gasteiger partial charge in [0.15, 0.2) is 0 Å². The lowest BCUT2D eigenvalue weighted by molar-refractivity contribution is 0.102. The third-order valence-electron chi connectivity index (χ3n) is 3.56. The lowest BCUT2D eigenvalue weighted by Crippen LogP contribution is -2.11. The van der Waals surface area contributed by atoms with Crippen molar-refractivity contribution in [2.24, 2.45) is 0 Å². The van der Waals surface area contributed by atoms with E-state index in [1.54, 1.807) is 0 Å². The number of nitrogens with zero attached hydrogens (tertiary/aromatic N) is 1. The summed E-state index contributed by atoms with van der Waals surface area (Å²) in [4.78, 5) is 12.3. The summed E-state index contributed by atoms with van der Waals surface area (Å²) in [6.07, 6.45) is 0.382. The highest BCUT2D eigenvalue weighted by Gasteiger charge is 2.18. The predicted molar refractivity (Wildman–Crippen MR) is 97.8 cm³/mol. The zero-order valence-corrected chi connectivity index (χ0v) is 14.1. The van der Waals surface area contributed by atoms with Crippen molar-refractivity contribution in [2.45, 2.75) is 11.0 Å². The molecule has 2 aromatic carbocycles. The van der Waals surface area contributed by atoms with Crippen molar-refractivity contribution < 1.29 is 4.79 Å². The molecule has 0 spiro atoms. The molecular formula is C18H16N2OS2. The van der Waals surface area contributed by atoms with Gasteiger partial charge in [0.1, 0.15) is 0 Å². The van der Waals surface area contributed by atoms with Crippen LogP contribution >= 0.6 is 23.5 Å². The molecule has 1 heterocycles. The Morgan fingerprint density at radius 2 is 1.74 bits per heavy atom. The number of amides is 1. The quantitative estimate of drug-likeness (QED) is 0.891. The zero-order chi connectivity index (χ0) is 16.1. The molecule has 1 aliphatic rings. The van der Waals surface area contributed by atoms with Crippen LogP contribution in [0.3, 0.4) is 0 Å². The van der Waals surface area contributed by atoms with E-state index in [1.165, 1.54) is 17.1 Å². The monoisotopic (exact) mass is 340 g/mol. The number of hydrogen-bond donors (Lipinski definition) is 1. The number of thioether (sulfide) groups is 2. The molecule has 0 aliphatic carbocycles. The number of carbonyl (C=O) groups excluding carboxylic acids is 1. The van der Waals surface area contributed by atoms with Crippen molar-refractivity contribution in [1.82, 2.24) is 0 Å².